The van der Waals surface area contributed by atoms with Crippen molar-refractivity contribution < 1.29 is 9.59 Å². The van der Waals surface area contributed by atoms with Gasteiger partial charge in [0, 0.05) is 11.6 Å². The van der Waals surface area contributed by atoms with E-state index in [0.29, 0.717) is 16.8 Å². The largest absolute Gasteiger partial charge is 0.349 e. The maximum Gasteiger partial charge on any atom is 0.255 e. The highest BCUT2D eigenvalue weighted by molar-refractivity contribution is 6.09. The number of nitrogens with one attached hydrogen (secondary N) is 2. The Bertz CT molecular complexity index is 933. The summed E-state index contributed by atoms with van der Waals surface area (Å²) in [6, 6.07) is 14.1. The van der Waals surface area contributed by atoms with Crippen molar-refractivity contribution in [1.82, 2.24) is 25.5 Å². The SMILES string of the molecule is O=C(Nc1ccccc1C(=O)NC1CC1)c1ccc(-n2cnnn2)cc1. The highest BCUT2D eigenvalue weighted by Gasteiger charge is 2.25. The molecule has 8 nitrogen and oxygen atoms in total. The van der Waals surface area contributed by atoms with Gasteiger partial charge in [0.1, 0.15) is 6.33 Å². The molecule has 1 aliphatic carbocycles. The van der Waals surface area contributed by atoms with Gasteiger partial charge in [-0.25, -0.2) is 4.68 Å². The lowest BCUT2D eigenvalue weighted by molar-refractivity contribution is 0.0952. The lowest BCUT2D eigenvalue weighted by Gasteiger charge is -2.11. The van der Waals surface area contributed by atoms with Crippen molar-refractivity contribution >= 4 is 17.5 Å². The number of hydrogen-bond donors (Lipinski definition) is 2. The number of nitrogens with zero attached hydrogens (tertiary/aromatic N) is 4. The van der Waals surface area contributed by atoms with Gasteiger partial charge in [0.05, 0.1) is 16.9 Å². The maximum atomic E-state index is 12.5. The van der Waals surface area contributed by atoms with Gasteiger partial charge in [-0.2, -0.15) is 0 Å². The van der Waals surface area contributed by atoms with Crippen LogP contribution in [0.25, 0.3) is 5.69 Å². The first-order valence-electron chi connectivity index (χ1n) is 8.25. The molecule has 0 aliphatic heterocycles. The van der Waals surface area contributed by atoms with E-state index in [1.54, 1.807) is 48.5 Å². The zero-order valence-electron chi connectivity index (χ0n) is 13.8. The topological polar surface area (TPSA) is 102 Å². The van der Waals surface area contributed by atoms with Crippen LogP contribution in [0.3, 0.4) is 0 Å². The molecule has 0 radical (unpaired) electrons. The van der Waals surface area contributed by atoms with Gasteiger partial charge in [-0.15, -0.1) is 5.10 Å². The Morgan fingerprint density at radius 2 is 1.77 bits per heavy atom. The van der Waals surface area contributed by atoms with E-state index in [1.165, 1.54) is 11.0 Å². The number of hydrogen-bond acceptors (Lipinski definition) is 5. The van der Waals surface area contributed by atoms with E-state index in [2.05, 4.69) is 26.2 Å². The van der Waals surface area contributed by atoms with Crippen LogP contribution in [0, 0.1) is 0 Å². The number of rotatable bonds is 5. The van der Waals surface area contributed by atoms with Gasteiger partial charge in [-0.05, 0) is 59.7 Å². The van der Waals surface area contributed by atoms with E-state index in [0.717, 1.165) is 18.5 Å². The van der Waals surface area contributed by atoms with E-state index in [4.69, 9.17) is 0 Å². The average Bonchev–Trinajstić information content (AvgIpc) is 3.31. The molecule has 1 fully saturated rings. The van der Waals surface area contributed by atoms with Crippen LogP contribution in [-0.2, 0) is 0 Å². The molecule has 1 heterocycles. The third-order valence-corrected chi connectivity index (χ3v) is 4.08. The number of anilines is 1. The molecular formula is C18H16N6O2. The summed E-state index contributed by atoms with van der Waals surface area (Å²) in [6.45, 7) is 0. The van der Waals surface area contributed by atoms with Crippen LogP contribution in [-0.4, -0.2) is 38.1 Å². The monoisotopic (exact) mass is 348 g/mol. The third kappa shape index (κ3) is 3.44. The lowest BCUT2D eigenvalue weighted by Crippen LogP contribution is -2.27. The van der Waals surface area contributed by atoms with Crippen LogP contribution in [0.5, 0.6) is 0 Å². The third-order valence-electron chi connectivity index (χ3n) is 4.08. The summed E-state index contributed by atoms with van der Waals surface area (Å²) in [7, 11) is 0. The van der Waals surface area contributed by atoms with Crippen molar-refractivity contribution in [2.75, 3.05) is 5.32 Å². The Balaban J connectivity index is 1.50. The first-order chi connectivity index (χ1) is 12.7. The molecule has 2 amide bonds. The Hall–Kier alpha value is -3.55. The van der Waals surface area contributed by atoms with Crippen molar-refractivity contribution in [3.63, 3.8) is 0 Å². The molecule has 2 N–H and O–H groups in total. The number of amides is 2. The van der Waals surface area contributed by atoms with Crippen molar-refractivity contribution in [3.05, 3.63) is 66.0 Å². The smallest absolute Gasteiger partial charge is 0.255 e. The molecule has 4 rings (SSSR count). The second-order valence-electron chi connectivity index (χ2n) is 6.05. The van der Waals surface area contributed by atoms with Gasteiger partial charge in [0.15, 0.2) is 0 Å². The van der Waals surface area contributed by atoms with Crippen LogP contribution in [0.2, 0.25) is 0 Å². The zero-order valence-corrected chi connectivity index (χ0v) is 13.8. The predicted octanol–water partition coefficient (Wildman–Crippen LogP) is 1.81. The lowest BCUT2D eigenvalue weighted by atomic mass is 10.1. The average molecular weight is 348 g/mol. The summed E-state index contributed by atoms with van der Waals surface area (Å²) in [5.41, 5.74) is 2.16. The fourth-order valence-electron chi connectivity index (χ4n) is 2.52. The highest BCUT2D eigenvalue weighted by Crippen LogP contribution is 2.22. The predicted molar refractivity (Wildman–Crippen MR) is 94.0 cm³/mol. The number of carbonyl (C=O) groups is 2. The first kappa shape index (κ1) is 15.9. The number of aromatic nitrogens is 4. The van der Waals surface area contributed by atoms with Crippen molar-refractivity contribution in [2.24, 2.45) is 0 Å². The van der Waals surface area contributed by atoms with Crippen molar-refractivity contribution in [2.45, 2.75) is 18.9 Å². The molecule has 130 valence electrons. The van der Waals surface area contributed by atoms with E-state index in [1.807, 2.05) is 0 Å². The Labute approximate surface area is 149 Å². The molecule has 0 atom stereocenters. The summed E-state index contributed by atoms with van der Waals surface area (Å²) in [6.07, 6.45) is 3.49. The number of benzene rings is 2. The van der Waals surface area contributed by atoms with Gasteiger partial charge < -0.3 is 10.6 Å². The van der Waals surface area contributed by atoms with Crippen LogP contribution in [0.4, 0.5) is 5.69 Å². The molecule has 0 saturated heterocycles. The Kier molecular flexibility index (Phi) is 4.14. The molecule has 1 aromatic heterocycles. The molecule has 0 unspecified atom stereocenters. The molecule has 3 aromatic rings. The van der Waals surface area contributed by atoms with Gasteiger partial charge in [-0.3, -0.25) is 9.59 Å². The summed E-state index contributed by atoms with van der Waals surface area (Å²) in [5, 5.41) is 16.7. The fourth-order valence-corrected chi connectivity index (χ4v) is 2.52. The van der Waals surface area contributed by atoms with E-state index in [9.17, 15) is 9.59 Å². The molecule has 1 aliphatic rings. The quantitative estimate of drug-likeness (QED) is 0.732. The molecule has 8 heteroatoms. The van der Waals surface area contributed by atoms with Gasteiger partial charge in [0.2, 0.25) is 0 Å². The van der Waals surface area contributed by atoms with E-state index < -0.39 is 0 Å². The fraction of sp³-hybridized carbons (Fsp3) is 0.167. The molecule has 26 heavy (non-hydrogen) atoms. The molecular weight excluding hydrogens is 332 g/mol. The summed E-state index contributed by atoms with van der Waals surface area (Å²) >= 11 is 0. The van der Waals surface area contributed by atoms with Crippen LogP contribution in [0.15, 0.2) is 54.9 Å². The minimum atomic E-state index is -0.292. The van der Waals surface area contributed by atoms with Crippen LogP contribution in [0.1, 0.15) is 33.6 Å². The van der Waals surface area contributed by atoms with E-state index >= 15 is 0 Å². The van der Waals surface area contributed by atoms with Gasteiger partial charge in [-0.1, -0.05) is 12.1 Å². The standard InChI is InChI=1S/C18H16N6O2/c25-17(12-5-9-14(10-6-12)24-11-19-22-23-24)21-16-4-2-1-3-15(16)18(26)20-13-7-8-13/h1-6,9-11,13H,7-8H2,(H,20,26)(H,21,25). The maximum absolute atomic E-state index is 12.5. The molecule has 0 spiro atoms. The van der Waals surface area contributed by atoms with Crippen LogP contribution < -0.4 is 10.6 Å². The van der Waals surface area contributed by atoms with Gasteiger partial charge >= 0.3 is 0 Å². The Morgan fingerprint density at radius 3 is 2.46 bits per heavy atom. The van der Waals surface area contributed by atoms with E-state index in [-0.39, 0.29) is 17.9 Å². The molecule has 1 saturated carbocycles. The Morgan fingerprint density at radius 1 is 1.00 bits per heavy atom. The number of tetrazole rings is 1. The van der Waals surface area contributed by atoms with Gasteiger partial charge in [0.25, 0.3) is 11.8 Å². The first-order valence-corrected chi connectivity index (χ1v) is 8.25. The van der Waals surface area contributed by atoms with Crippen molar-refractivity contribution in [3.8, 4) is 5.69 Å². The summed E-state index contributed by atoms with van der Waals surface area (Å²) < 4.78 is 1.50. The van der Waals surface area contributed by atoms with Crippen LogP contribution >= 0.6 is 0 Å². The summed E-state index contributed by atoms with van der Waals surface area (Å²) in [5.74, 6) is -0.461. The molecule has 0 bridgehead atoms. The zero-order chi connectivity index (χ0) is 17.9. The normalized spacial score (nSPS) is 13.2. The highest BCUT2D eigenvalue weighted by atomic mass is 16.2. The molecule has 2 aromatic carbocycles. The second kappa shape index (κ2) is 6.75. The van der Waals surface area contributed by atoms with Crippen molar-refractivity contribution in [1.29, 1.82) is 0 Å². The minimum absolute atomic E-state index is 0.169. The second-order valence-corrected chi connectivity index (χ2v) is 6.05. The number of carbonyl (C=O) groups excluding carboxylic acids is 2. The number of para-hydroxylation sites is 1. The summed E-state index contributed by atoms with van der Waals surface area (Å²) in [4.78, 5) is 24.9. The minimum Gasteiger partial charge on any atom is -0.349 e.